The van der Waals surface area contributed by atoms with E-state index in [1.807, 2.05) is 4.90 Å². The van der Waals surface area contributed by atoms with Gasteiger partial charge in [0, 0.05) is 18.3 Å². The number of rotatable bonds is 3. The highest BCUT2D eigenvalue weighted by Crippen LogP contribution is 2.30. The van der Waals surface area contributed by atoms with E-state index in [0.29, 0.717) is 12.3 Å². The van der Waals surface area contributed by atoms with Gasteiger partial charge in [-0.25, -0.2) is 0 Å². The summed E-state index contributed by atoms with van der Waals surface area (Å²) in [5, 5.41) is 3.38. The second-order valence-electron chi connectivity index (χ2n) is 5.55. The van der Waals surface area contributed by atoms with Gasteiger partial charge in [0.1, 0.15) is 0 Å². The van der Waals surface area contributed by atoms with Crippen LogP contribution < -0.4 is 0 Å². The van der Waals surface area contributed by atoms with Crippen LogP contribution in [0.25, 0.3) is 10.8 Å². The van der Waals surface area contributed by atoms with Crippen molar-refractivity contribution >= 4 is 32.6 Å². The van der Waals surface area contributed by atoms with Gasteiger partial charge in [-0.2, -0.15) is 0 Å². The smallest absolute Gasteiger partial charge is 0.223 e. The predicted molar refractivity (Wildman–Crippen MR) is 86.0 cm³/mol. The highest BCUT2D eigenvalue weighted by molar-refractivity contribution is 9.09. The van der Waals surface area contributed by atoms with Gasteiger partial charge in [0.2, 0.25) is 5.91 Å². The largest absolute Gasteiger partial charge is 0.336 e. The lowest BCUT2D eigenvalue weighted by molar-refractivity contribution is -0.129. The first-order chi connectivity index (χ1) is 9.69. The van der Waals surface area contributed by atoms with Gasteiger partial charge in [-0.1, -0.05) is 52.3 Å². The fraction of sp³-hybridized carbons (Fsp3) is 0.353. The van der Waals surface area contributed by atoms with Crippen LogP contribution in [0.4, 0.5) is 0 Å². The molecular weight excluding hydrogens is 314 g/mol. The molecule has 104 valence electrons. The second kappa shape index (κ2) is 5.57. The Balaban J connectivity index is 1.88. The van der Waals surface area contributed by atoms with Crippen LogP contribution in [0.3, 0.4) is 0 Å². The monoisotopic (exact) mass is 331 g/mol. The quantitative estimate of drug-likeness (QED) is 0.774. The molecule has 0 saturated carbocycles. The number of alkyl halides is 1. The highest BCUT2D eigenvalue weighted by Gasteiger charge is 2.32. The maximum atomic E-state index is 12.1. The minimum atomic E-state index is 0.149. The lowest BCUT2D eigenvalue weighted by atomic mass is 10.0. The third-order valence-corrected chi connectivity index (χ3v) is 5.10. The molecular formula is C17H18BrNO. The van der Waals surface area contributed by atoms with Gasteiger partial charge in [-0.3, -0.25) is 4.79 Å². The molecule has 2 aromatic rings. The summed E-state index contributed by atoms with van der Waals surface area (Å²) in [6.45, 7) is 2.98. The molecule has 0 radical (unpaired) electrons. The zero-order valence-corrected chi connectivity index (χ0v) is 13.1. The average molecular weight is 332 g/mol. The lowest BCUT2D eigenvalue weighted by Gasteiger charge is -2.25. The Morgan fingerprint density at radius 3 is 2.70 bits per heavy atom. The van der Waals surface area contributed by atoms with E-state index >= 15 is 0 Å². The number of amides is 1. The van der Waals surface area contributed by atoms with Crippen molar-refractivity contribution in [2.75, 3.05) is 11.9 Å². The summed E-state index contributed by atoms with van der Waals surface area (Å²) in [4.78, 5) is 14.1. The Hall–Kier alpha value is -1.35. The molecule has 3 heteroatoms. The number of hydrogen-bond donors (Lipinski definition) is 0. The molecule has 1 aliphatic heterocycles. The fourth-order valence-electron chi connectivity index (χ4n) is 2.93. The lowest BCUT2D eigenvalue weighted by Crippen LogP contribution is -2.28. The molecule has 1 amide bonds. The molecule has 1 aliphatic rings. The van der Waals surface area contributed by atoms with Crippen LogP contribution >= 0.6 is 15.9 Å². The van der Waals surface area contributed by atoms with Crippen molar-refractivity contribution in [3.63, 3.8) is 0 Å². The Bertz CT molecular complexity index is 640. The molecule has 0 bridgehead atoms. The molecule has 0 aliphatic carbocycles. The Kier molecular flexibility index (Phi) is 3.79. The number of likely N-dealkylation sites (tertiary alicyclic amines) is 1. The maximum Gasteiger partial charge on any atom is 0.223 e. The summed E-state index contributed by atoms with van der Waals surface area (Å²) in [5.74, 6) is 0.723. The number of halogens is 1. The first-order valence-electron chi connectivity index (χ1n) is 7.03. The van der Waals surface area contributed by atoms with Crippen molar-refractivity contribution in [3.05, 3.63) is 48.0 Å². The first kappa shape index (κ1) is 13.6. The van der Waals surface area contributed by atoms with Crippen LogP contribution in [0, 0.1) is 5.92 Å². The summed E-state index contributed by atoms with van der Waals surface area (Å²) in [6.07, 6.45) is 0.670. The molecule has 0 spiro atoms. The van der Waals surface area contributed by atoms with Crippen molar-refractivity contribution in [3.8, 4) is 0 Å². The van der Waals surface area contributed by atoms with E-state index in [9.17, 15) is 4.79 Å². The topological polar surface area (TPSA) is 20.3 Å². The molecule has 1 fully saturated rings. The van der Waals surface area contributed by atoms with Gasteiger partial charge >= 0.3 is 0 Å². The van der Waals surface area contributed by atoms with Gasteiger partial charge in [0.25, 0.3) is 0 Å². The fourth-order valence-corrected chi connectivity index (χ4v) is 3.37. The zero-order valence-electron chi connectivity index (χ0n) is 11.6. The van der Waals surface area contributed by atoms with Gasteiger partial charge < -0.3 is 4.90 Å². The number of carbonyl (C=O) groups excluding carboxylic acids is 1. The molecule has 0 N–H and O–H groups in total. The molecule has 2 atom stereocenters. The van der Waals surface area contributed by atoms with E-state index < -0.39 is 0 Å². The molecule has 3 rings (SSSR count). The number of nitrogens with zero attached hydrogens (tertiary/aromatic N) is 1. The van der Waals surface area contributed by atoms with Crippen LogP contribution in [0.5, 0.6) is 0 Å². The second-order valence-corrected chi connectivity index (χ2v) is 6.20. The van der Waals surface area contributed by atoms with E-state index in [1.165, 1.54) is 16.3 Å². The summed E-state index contributed by atoms with van der Waals surface area (Å²) in [6, 6.07) is 15.0. The minimum Gasteiger partial charge on any atom is -0.336 e. The van der Waals surface area contributed by atoms with Gasteiger partial charge in [0.05, 0.1) is 6.04 Å². The third kappa shape index (κ3) is 2.47. The van der Waals surface area contributed by atoms with Crippen molar-refractivity contribution in [2.24, 2.45) is 5.92 Å². The van der Waals surface area contributed by atoms with Crippen LogP contribution in [0.2, 0.25) is 0 Å². The van der Waals surface area contributed by atoms with Crippen LogP contribution in [0.1, 0.15) is 24.9 Å². The first-order valence-corrected chi connectivity index (χ1v) is 8.15. The van der Waals surface area contributed by atoms with Crippen LogP contribution in [0.15, 0.2) is 42.5 Å². The molecule has 20 heavy (non-hydrogen) atoms. The molecule has 1 heterocycles. The SMILES string of the molecule is C[C@@H](c1ccc2ccccc2c1)N1CC(CBr)CC1=O. The van der Waals surface area contributed by atoms with Crippen molar-refractivity contribution in [2.45, 2.75) is 19.4 Å². The molecule has 1 saturated heterocycles. The van der Waals surface area contributed by atoms with Gasteiger partial charge in [0.15, 0.2) is 0 Å². The summed E-state index contributed by atoms with van der Waals surface area (Å²) in [5.41, 5.74) is 1.22. The Morgan fingerprint density at radius 2 is 2.00 bits per heavy atom. The van der Waals surface area contributed by atoms with E-state index in [2.05, 4.69) is 65.3 Å². The minimum absolute atomic E-state index is 0.149. The average Bonchev–Trinajstić information content (AvgIpc) is 2.87. The number of fused-ring (bicyclic) bond motifs is 1. The van der Waals surface area contributed by atoms with E-state index in [-0.39, 0.29) is 11.9 Å². The van der Waals surface area contributed by atoms with Crippen molar-refractivity contribution in [1.82, 2.24) is 4.90 Å². The van der Waals surface area contributed by atoms with Crippen molar-refractivity contribution < 1.29 is 4.79 Å². The molecule has 2 aromatic carbocycles. The summed E-state index contributed by atoms with van der Waals surface area (Å²) < 4.78 is 0. The van der Waals surface area contributed by atoms with E-state index in [1.54, 1.807) is 0 Å². The normalized spacial score (nSPS) is 20.6. The van der Waals surface area contributed by atoms with Crippen LogP contribution in [-0.4, -0.2) is 22.7 Å². The molecule has 0 aromatic heterocycles. The summed E-state index contributed by atoms with van der Waals surface area (Å²) >= 11 is 3.49. The molecule has 1 unspecified atom stereocenters. The van der Waals surface area contributed by atoms with E-state index in [0.717, 1.165) is 11.9 Å². The number of hydrogen-bond acceptors (Lipinski definition) is 1. The van der Waals surface area contributed by atoms with Crippen LogP contribution in [-0.2, 0) is 4.79 Å². The Labute approximate surface area is 127 Å². The maximum absolute atomic E-state index is 12.1. The van der Waals surface area contributed by atoms with Crippen molar-refractivity contribution in [1.29, 1.82) is 0 Å². The number of benzene rings is 2. The van der Waals surface area contributed by atoms with E-state index in [4.69, 9.17) is 0 Å². The van der Waals surface area contributed by atoms with Gasteiger partial charge in [-0.15, -0.1) is 0 Å². The zero-order chi connectivity index (χ0) is 14.1. The standard InChI is InChI=1S/C17H18BrNO/c1-12(19-11-13(10-18)8-17(19)20)15-7-6-14-4-2-3-5-16(14)9-15/h2-7,9,12-13H,8,10-11H2,1H3/t12-,13?/m0/s1. The molecule has 2 nitrogen and oxygen atoms in total. The summed E-state index contributed by atoms with van der Waals surface area (Å²) in [7, 11) is 0. The highest BCUT2D eigenvalue weighted by atomic mass is 79.9. The predicted octanol–water partition coefficient (Wildman–Crippen LogP) is 4.14. The Morgan fingerprint density at radius 1 is 1.25 bits per heavy atom. The van der Waals surface area contributed by atoms with Gasteiger partial charge in [-0.05, 0) is 35.2 Å². The number of carbonyl (C=O) groups is 1. The third-order valence-electron chi connectivity index (χ3n) is 4.18.